The Balaban J connectivity index is 2.20. The van der Waals surface area contributed by atoms with E-state index in [2.05, 4.69) is 5.32 Å². The Morgan fingerprint density at radius 1 is 1.22 bits per heavy atom. The lowest BCUT2D eigenvalue weighted by Crippen LogP contribution is -2.13. The lowest BCUT2D eigenvalue weighted by atomic mass is 10.2. The Labute approximate surface area is 133 Å². The molecule has 0 unspecified atom stereocenters. The fourth-order valence-corrected chi connectivity index (χ4v) is 1.93. The number of nitrogens with zero attached hydrogens (tertiary/aromatic N) is 1. The van der Waals surface area contributed by atoms with Crippen LogP contribution in [0.5, 0.6) is 11.5 Å². The molecule has 1 heterocycles. The maximum Gasteiger partial charge on any atom is 0.266 e. The molecule has 1 aromatic heterocycles. The molecule has 0 atom stereocenters. The number of aryl methyl sites for hydroxylation is 1. The third kappa shape index (κ3) is 3.92. The third-order valence-corrected chi connectivity index (χ3v) is 3.05. The van der Waals surface area contributed by atoms with E-state index < -0.39 is 5.91 Å². The molecule has 0 radical (unpaired) electrons. The first-order valence-electron chi connectivity index (χ1n) is 6.79. The Bertz CT molecular complexity index is 784. The van der Waals surface area contributed by atoms with Gasteiger partial charge in [-0.25, -0.2) is 0 Å². The van der Waals surface area contributed by atoms with Crippen molar-refractivity contribution in [3.8, 4) is 17.6 Å². The Hall–Kier alpha value is -3.20. The molecule has 23 heavy (non-hydrogen) atoms. The maximum absolute atomic E-state index is 12.2. The van der Waals surface area contributed by atoms with Gasteiger partial charge in [0.25, 0.3) is 5.91 Å². The number of carbonyl (C=O) groups is 1. The van der Waals surface area contributed by atoms with E-state index in [0.717, 1.165) is 0 Å². The van der Waals surface area contributed by atoms with Crippen molar-refractivity contribution in [2.24, 2.45) is 0 Å². The van der Waals surface area contributed by atoms with Gasteiger partial charge in [-0.15, -0.1) is 0 Å². The third-order valence-electron chi connectivity index (χ3n) is 3.05. The summed E-state index contributed by atoms with van der Waals surface area (Å²) in [6, 6.07) is 10.3. The molecule has 2 rings (SSSR count). The number of nitrogens with one attached hydrogen (secondary N) is 1. The first-order chi connectivity index (χ1) is 11.1. The highest BCUT2D eigenvalue weighted by Gasteiger charge is 2.12. The van der Waals surface area contributed by atoms with Gasteiger partial charge >= 0.3 is 0 Å². The summed E-state index contributed by atoms with van der Waals surface area (Å²) in [5, 5.41) is 11.8. The van der Waals surface area contributed by atoms with Gasteiger partial charge in [0.05, 0.1) is 14.2 Å². The van der Waals surface area contributed by atoms with Crippen molar-refractivity contribution < 1.29 is 18.7 Å². The molecular weight excluding hydrogens is 296 g/mol. The second kappa shape index (κ2) is 7.18. The van der Waals surface area contributed by atoms with Crippen molar-refractivity contribution in [3.63, 3.8) is 0 Å². The molecule has 0 saturated carbocycles. The van der Waals surface area contributed by atoms with Crippen molar-refractivity contribution >= 4 is 17.7 Å². The van der Waals surface area contributed by atoms with Crippen LogP contribution in [0.25, 0.3) is 6.08 Å². The number of benzene rings is 1. The van der Waals surface area contributed by atoms with Crippen LogP contribution in [0.2, 0.25) is 0 Å². The van der Waals surface area contributed by atoms with Gasteiger partial charge in [0.2, 0.25) is 0 Å². The Morgan fingerprint density at radius 3 is 2.52 bits per heavy atom. The highest BCUT2D eigenvalue weighted by molar-refractivity contribution is 6.09. The van der Waals surface area contributed by atoms with Crippen molar-refractivity contribution in [2.45, 2.75) is 6.92 Å². The van der Waals surface area contributed by atoms with Crippen LogP contribution >= 0.6 is 0 Å². The number of hydrogen-bond acceptors (Lipinski definition) is 5. The number of rotatable bonds is 5. The largest absolute Gasteiger partial charge is 0.493 e. The number of methoxy groups -OCH3 is 2. The molecule has 0 fully saturated rings. The van der Waals surface area contributed by atoms with Gasteiger partial charge in [-0.3, -0.25) is 4.79 Å². The second-order valence-corrected chi connectivity index (χ2v) is 4.64. The average molecular weight is 312 g/mol. The summed E-state index contributed by atoms with van der Waals surface area (Å²) in [7, 11) is 3.03. The van der Waals surface area contributed by atoms with Gasteiger partial charge in [0, 0.05) is 17.8 Å². The zero-order valence-electron chi connectivity index (χ0n) is 13.0. The summed E-state index contributed by atoms with van der Waals surface area (Å²) >= 11 is 0. The number of anilines is 1. The summed E-state index contributed by atoms with van der Waals surface area (Å²) in [6.45, 7) is 1.78. The van der Waals surface area contributed by atoms with Crippen LogP contribution in [0.1, 0.15) is 11.5 Å². The number of carbonyl (C=O) groups excluding carboxylic acids is 1. The molecule has 2 aromatic rings. The molecule has 0 aliphatic rings. The van der Waals surface area contributed by atoms with E-state index >= 15 is 0 Å². The lowest BCUT2D eigenvalue weighted by molar-refractivity contribution is -0.112. The predicted molar refractivity (Wildman–Crippen MR) is 85.2 cm³/mol. The normalized spacial score (nSPS) is 10.8. The summed E-state index contributed by atoms with van der Waals surface area (Å²) in [5.74, 6) is 1.64. The molecule has 0 aliphatic heterocycles. The highest BCUT2D eigenvalue weighted by atomic mass is 16.5. The maximum atomic E-state index is 12.2. The van der Waals surface area contributed by atoms with Gasteiger partial charge in [-0.2, -0.15) is 5.26 Å². The van der Waals surface area contributed by atoms with Crippen LogP contribution in [-0.4, -0.2) is 20.1 Å². The topological polar surface area (TPSA) is 84.5 Å². The number of ether oxygens (including phenoxy) is 2. The van der Waals surface area contributed by atoms with Crippen molar-refractivity contribution in [1.82, 2.24) is 0 Å². The van der Waals surface area contributed by atoms with Crippen LogP contribution in [0, 0.1) is 18.3 Å². The van der Waals surface area contributed by atoms with Gasteiger partial charge in [0.1, 0.15) is 23.2 Å². The van der Waals surface area contributed by atoms with E-state index in [1.165, 1.54) is 20.3 Å². The van der Waals surface area contributed by atoms with E-state index in [1.807, 2.05) is 6.07 Å². The standard InChI is InChI=1S/C17H16N2O4/c1-11-4-6-14(23-11)8-12(10-18)17(20)19-13-5-7-15(21-2)16(9-13)22-3/h4-9H,1-3H3,(H,19,20). The van der Waals surface area contributed by atoms with Crippen molar-refractivity contribution in [2.75, 3.05) is 19.5 Å². The summed E-state index contributed by atoms with van der Waals surface area (Å²) in [5.41, 5.74) is 0.429. The lowest BCUT2D eigenvalue weighted by Gasteiger charge is -2.10. The number of nitriles is 1. The van der Waals surface area contributed by atoms with Crippen molar-refractivity contribution in [1.29, 1.82) is 5.26 Å². The predicted octanol–water partition coefficient (Wildman–Crippen LogP) is 3.15. The minimum absolute atomic E-state index is 0.0610. The summed E-state index contributed by atoms with van der Waals surface area (Å²) in [6.07, 6.45) is 1.39. The number of furan rings is 1. The van der Waals surface area contributed by atoms with E-state index in [1.54, 1.807) is 37.3 Å². The molecule has 118 valence electrons. The van der Waals surface area contributed by atoms with E-state index in [-0.39, 0.29) is 5.57 Å². The highest BCUT2D eigenvalue weighted by Crippen LogP contribution is 2.29. The molecule has 6 heteroatoms. The van der Waals surface area contributed by atoms with Gasteiger partial charge in [-0.1, -0.05) is 0 Å². The van der Waals surface area contributed by atoms with E-state index in [4.69, 9.17) is 19.2 Å². The second-order valence-electron chi connectivity index (χ2n) is 4.64. The minimum atomic E-state index is -0.534. The molecule has 1 N–H and O–H groups in total. The van der Waals surface area contributed by atoms with E-state index in [9.17, 15) is 4.79 Å². The average Bonchev–Trinajstić information content (AvgIpc) is 2.97. The van der Waals surface area contributed by atoms with Crippen LogP contribution in [0.15, 0.2) is 40.3 Å². The molecule has 1 amide bonds. The fraction of sp³-hybridized carbons (Fsp3) is 0.176. The zero-order chi connectivity index (χ0) is 16.8. The summed E-state index contributed by atoms with van der Waals surface area (Å²) in [4.78, 5) is 12.2. The van der Waals surface area contributed by atoms with Gasteiger partial charge in [-0.05, 0) is 31.2 Å². The zero-order valence-corrected chi connectivity index (χ0v) is 13.0. The monoisotopic (exact) mass is 312 g/mol. The summed E-state index contributed by atoms with van der Waals surface area (Å²) < 4.78 is 15.6. The number of amides is 1. The smallest absolute Gasteiger partial charge is 0.266 e. The molecule has 0 spiro atoms. The first-order valence-corrected chi connectivity index (χ1v) is 6.79. The molecule has 1 aromatic carbocycles. The van der Waals surface area contributed by atoms with Crippen LogP contribution < -0.4 is 14.8 Å². The Morgan fingerprint density at radius 2 is 1.96 bits per heavy atom. The SMILES string of the molecule is COc1ccc(NC(=O)C(C#N)=Cc2ccc(C)o2)cc1OC. The van der Waals surface area contributed by atoms with E-state index in [0.29, 0.717) is 28.7 Å². The van der Waals surface area contributed by atoms with Gasteiger partial charge in [0.15, 0.2) is 11.5 Å². The van der Waals surface area contributed by atoms with Crippen molar-refractivity contribution in [3.05, 3.63) is 47.4 Å². The van der Waals surface area contributed by atoms with Crippen LogP contribution in [-0.2, 0) is 4.79 Å². The molecule has 0 saturated heterocycles. The molecular formula is C17H16N2O4. The molecule has 6 nitrogen and oxygen atoms in total. The van der Waals surface area contributed by atoms with Gasteiger partial charge < -0.3 is 19.2 Å². The van der Waals surface area contributed by atoms with Crippen LogP contribution in [0.3, 0.4) is 0 Å². The minimum Gasteiger partial charge on any atom is -0.493 e. The first kappa shape index (κ1) is 16.2. The quantitative estimate of drug-likeness (QED) is 0.677. The number of hydrogen-bond donors (Lipinski definition) is 1. The molecule has 0 aliphatic carbocycles. The Kier molecular flexibility index (Phi) is 5.05. The fourth-order valence-electron chi connectivity index (χ4n) is 1.93. The van der Waals surface area contributed by atoms with Crippen LogP contribution in [0.4, 0.5) is 5.69 Å². The molecule has 0 bridgehead atoms.